The van der Waals surface area contributed by atoms with Gasteiger partial charge < -0.3 is 0 Å². The average Bonchev–Trinajstić information content (AvgIpc) is 2.65. The van der Waals surface area contributed by atoms with Crippen molar-refractivity contribution in [2.75, 3.05) is 10.5 Å². The fourth-order valence-electron chi connectivity index (χ4n) is 2.58. The Labute approximate surface area is 164 Å². The average molecular weight is 426 g/mol. The minimum atomic E-state index is -3.83. The van der Waals surface area contributed by atoms with Crippen molar-refractivity contribution in [3.05, 3.63) is 64.4 Å². The number of pyridine rings is 2. The zero-order valence-corrected chi connectivity index (χ0v) is 16.1. The van der Waals surface area contributed by atoms with Crippen molar-refractivity contribution in [2.24, 2.45) is 0 Å². The number of anilines is 1. The number of nitrogens with one attached hydrogen (secondary N) is 1. The lowest BCUT2D eigenvalue weighted by molar-refractivity contribution is 0.103. The monoisotopic (exact) mass is 425 g/mol. The zero-order chi connectivity index (χ0) is 20.5. The smallest absolute Gasteiger partial charge is 0.232 e. The summed E-state index contributed by atoms with van der Waals surface area (Å²) in [5.41, 5.74) is -0.510. The molecule has 0 aliphatic rings. The maximum absolute atomic E-state index is 14.4. The number of rotatable bonds is 6. The number of ketones is 1. The van der Waals surface area contributed by atoms with Gasteiger partial charge in [-0.2, -0.15) is 0 Å². The van der Waals surface area contributed by atoms with Gasteiger partial charge in [-0.15, -0.1) is 0 Å². The number of hydrogen-bond acceptors (Lipinski definition) is 5. The molecule has 0 saturated carbocycles. The molecule has 28 heavy (non-hydrogen) atoms. The summed E-state index contributed by atoms with van der Waals surface area (Å²) < 4.78 is 54.4. The second-order valence-corrected chi connectivity index (χ2v) is 8.12. The Balaban J connectivity index is 2.10. The van der Waals surface area contributed by atoms with Crippen LogP contribution >= 0.6 is 11.6 Å². The molecule has 0 bridgehead atoms. The summed E-state index contributed by atoms with van der Waals surface area (Å²) in [6.45, 7) is 1.64. The van der Waals surface area contributed by atoms with E-state index in [0.717, 1.165) is 0 Å². The van der Waals surface area contributed by atoms with E-state index in [9.17, 15) is 22.0 Å². The normalized spacial score (nSPS) is 11.6. The van der Waals surface area contributed by atoms with Gasteiger partial charge >= 0.3 is 0 Å². The fraction of sp³-hybridized carbons (Fsp3) is 0.167. The Hall–Kier alpha value is -2.65. The second-order valence-electron chi connectivity index (χ2n) is 5.90. The molecule has 146 valence electrons. The van der Waals surface area contributed by atoms with Crippen LogP contribution in [0.15, 0.2) is 36.5 Å². The van der Waals surface area contributed by atoms with E-state index in [2.05, 4.69) is 14.7 Å². The van der Waals surface area contributed by atoms with Crippen LogP contribution < -0.4 is 4.72 Å². The van der Waals surface area contributed by atoms with E-state index in [4.69, 9.17) is 11.6 Å². The molecule has 0 atom stereocenters. The van der Waals surface area contributed by atoms with E-state index in [-0.39, 0.29) is 11.4 Å². The Kier molecular flexibility index (Phi) is 5.57. The number of benzene rings is 1. The number of nitrogens with zero attached hydrogens (tertiary/aromatic N) is 2. The van der Waals surface area contributed by atoms with Gasteiger partial charge in [0.05, 0.1) is 33.1 Å². The van der Waals surface area contributed by atoms with Gasteiger partial charge in [0.2, 0.25) is 15.8 Å². The van der Waals surface area contributed by atoms with Crippen LogP contribution in [0.3, 0.4) is 0 Å². The molecule has 0 unspecified atom stereocenters. The van der Waals surface area contributed by atoms with E-state index in [1.54, 1.807) is 25.3 Å². The van der Waals surface area contributed by atoms with Gasteiger partial charge in [-0.1, -0.05) is 18.5 Å². The third kappa shape index (κ3) is 3.95. The van der Waals surface area contributed by atoms with Gasteiger partial charge in [0.15, 0.2) is 11.6 Å². The maximum Gasteiger partial charge on any atom is 0.232 e. The molecule has 0 fully saturated rings. The van der Waals surface area contributed by atoms with E-state index in [1.807, 2.05) is 0 Å². The van der Waals surface area contributed by atoms with Gasteiger partial charge in [-0.25, -0.2) is 22.2 Å². The van der Waals surface area contributed by atoms with E-state index in [0.29, 0.717) is 23.5 Å². The minimum absolute atomic E-state index is 0.186. The van der Waals surface area contributed by atoms with E-state index in [1.165, 1.54) is 12.1 Å². The first-order valence-corrected chi connectivity index (χ1v) is 10.2. The molecule has 0 aliphatic heterocycles. The van der Waals surface area contributed by atoms with Crippen LogP contribution in [0, 0.1) is 11.6 Å². The quantitative estimate of drug-likeness (QED) is 0.477. The molecule has 1 aromatic carbocycles. The molecule has 3 rings (SSSR count). The Bertz CT molecular complexity index is 1190. The lowest BCUT2D eigenvalue weighted by Crippen LogP contribution is -2.18. The van der Waals surface area contributed by atoms with Crippen LogP contribution in [-0.2, 0) is 10.0 Å². The van der Waals surface area contributed by atoms with Gasteiger partial charge in [0, 0.05) is 12.3 Å². The summed E-state index contributed by atoms with van der Waals surface area (Å²) in [6.07, 6.45) is 1.85. The predicted octanol–water partition coefficient (Wildman–Crippen LogP) is 3.94. The van der Waals surface area contributed by atoms with Gasteiger partial charge in [-0.3, -0.25) is 14.5 Å². The van der Waals surface area contributed by atoms with Crippen molar-refractivity contribution < 1.29 is 22.0 Å². The van der Waals surface area contributed by atoms with Crippen molar-refractivity contribution in [3.63, 3.8) is 0 Å². The first kappa shape index (κ1) is 20.1. The van der Waals surface area contributed by atoms with E-state index >= 15 is 0 Å². The molecule has 2 heterocycles. The zero-order valence-electron chi connectivity index (χ0n) is 14.5. The van der Waals surface area contributed by atoms with Crippen molar-refractivity contribution in [1.82, 2.24) is 9.97 Å². The Morgan fingerprint density at radius 2 is 1.96 bits per heavy atom. The number of carbonyl (C=O) groups is 1. The minimum Gasteiger partial charge on any atom is -0.287 e. The van der Waals surface area contributed by atoms with Gasteiger partial charge in [0.1, 0.15) is 5.69 Å². The topological polar surface area (TPSA) is 89.0 Å². The lowest BCUT2D eigenvalue weighted by Gasteiger charge is -2.13. The number of halogens is 3. The molecule has 0 saturated heterocycles. The highest BCUT2D eigenvalue weighted by Gasteiger charge is 2.26. The highest BCUT2D eigenvalue weighted by atomic mass is 35.5. The number of sulfonamides is 1. The van der Waals surface area contributed by atoms with E-state index < -0.39 is 43.7 Å². The Morgan fingerprint density at radius 1 is 1.21 bits per heavy atom. The molecule has 1 N–H and O–H groups in total. The third-order valence-corrected chi connectivity index (χ3v) is 5.68. The fourth-order valence-corrected chi connectivity index (χ4v) is 4.04. The number of aromatic nitrogens is 2. The largest absolute Gasteiger partial charge is 0.287 e. The number of hydrogen-bond donors (Lipinski definition) is 1. The molecule has 0 radical (unpaired) electrons. The van der Waals surface area contributed by atoms with Gasteiger partial charge in [-0.05, 0) is 30.7 Å². The molecule has 3 aromatic rings. The maximum atomic E-state index is 14.4. The number of carbonyl (C=O) groups excluding carboxylic acids is 1. The summed E-state index contributed by atoms with van der Waals surface area (Å²) in [6, 6.07) is 6.62. The first-order valence-electron chi connectivity index (χ1n) is 8.18. The third-order valence-electron chi connectivity index (χ3n) is 3.81. The Morgan fingerprint density at radius 3 is 2.68 bits per heavy atom. The van der Waals surface area contributed by atoms with Crippen molar-refractivity contribution >= 4 is 44.1 Å². The highest BCUT2D eigenvalue weighted by Crippen LogP contribution is 2.32. The molecule has 0 amide bonds. The summed E-state index contributed by atoms with van der Waals surface area (Å²) in [4.78, 5) is 20.9. The van der Waals surface area contributed by atoms with Crippen LogP contribution in [0.4, 0.5) is 14.5 Å². The molecule has 10 heteroatoms. The SMILES string of the molecule is CCCS(=O)(=O)Nc1cc(F)c(F)c(C(=O)c2ccc3ncccc3n2)c1Cl. The van der Waals surface area contributed by atoms with Crippen LogP contribution in [-0.4, -0.2) is 29.9 Å². The van der Waals surface area contributed by atoms with Crippen LogP contribution in [0.2, 0.25) is 5.02 Å². The highest BCUT2D eigenvalue weighted by molar-refractivity contribution is 7.92. The second kappa shape index (κ2) is 7.76. The summed E-state index contributed by atoms with van der Waals surface area (Å²) >= 11 is 6.06. The van der Waals surface area contributed by atoms with Crippen LogP contribution in [0.25, 0.3) is 11.0 Å². The van der Waals surface area contributed by atoms with Crippen LogP contribution in [0.5, 0.6) is 0 Å². The summed E-state index contributed by atoms with van der Waals surface area (Å²) in [5.74, 6) is -4.13. The van der Waals surface area contributed by atoms with Crippen molar-refractivity contribution in [2.45, 2.75) is 13.3 Å². The molecule has 6 nitrogen and oxygen atoms in total. The molecule has 2 aromatic heterocycles. The molecular weight excluding hydrogens is 412 g/mol. The summed E-state index contributed by atoms with van der Waals surface area (Å²) in [5, 5.41) is -0.545. The van der Waals surface area contributed by atoms with Crippen molar-refractivity contribution in [3.8, 4) is 0 Å². The molecular formula is C18H14ClF2N3O3S. The lowest BCUT2D eigenvalue weighted by atomic mass is 10.1. The predicted molar refractivity (Wildman–Crippen MR) is 102 cm³/mol. The molecule has 0 spiro atoms. The van der Waals surface area contributed by atoms with Gasteiger partial charge in [0.25, 0.3) is 0 Å². The van der Waals surface area contributed by atoms with Crippen molar-refractivity contribution in [1.29, 1.82) is 0 Å². The first-order chi connectivity index (χ1) is 13.2. The number of fused-ring (bicyclic) bond motifs is 1. The standard InChI is InChI=1S/C18H14ClF2N3O3S/c1-2-8-28(26,27)24-14-9-10(20)17(21)15(16(14)19)18(25)13-6-5-11-12(23-13)4-3-7-22-11/h3-7,9,24H,2,8H2,1H3. The molecule has 0 aliphatic carbocycles. The van der Waals surface area contributed by atoms with Crippen LogP contribution in [0.1, 0.15) is 29.4 Å². The summed E-state index contributed by atoms with van der Waals surface area (Å²) in [7, 11) is -3.83.